The molecule has 5 rings (SSSR count). The maximum absolute atomic E-state index is 13.1. The van der Waals surface area contributed by atoms with Crippen molar-refractivity contribution < 1.29 is 19.9 Å². The van der Waals surface area contributed by atoms with E-state index in [9.17, 15) is 20.8 Å². The van der Waals surface area contributed by atoms with Crippen LogP contribution in [-0.2, 0) is 10.4 Å². The number of hydrogen-bond donors (Lipinski definition) is 0. The first kappa shape index (κ1) is 25.3. The first-order chi connectivity index (χ1) is 16.5. The van der Waals surface area contributed by atoms with Crippen LogP contribution in [0.4, 0.5) is 0 Å². The highest BCUT2D eigenvalue weighted by Crippen LogP contribution is 2.50. The van der Waals surface area contributed by atoms with Gasteiger partial charge in [-0.3, -0.25) is 9.48 Å². The highest BCUT2D eigenvalue weighted by Gasteiger charge is 2.61. The summed E-state index contributed by atoms with van der Waals surface area (Å²) in [4.78, 5) is 3.86. The molecule has 2 radical (unpaired) electrons. The molecule has 0 saturated carbocycles. The van der Waals surface area contributed by atoms with E-state index in [1.165, 1.54) is 11.8 Å². The van der Waals surface area contributed by atoms with Crippen LogP contribution in [-0.4, -0.2) is 53.4 Å². The Bertz CT molecular complexity index is 1260. The molecule has 10 heteroatoms. The first-order valence-electron chi connectivity index (χ1n) is 11.8. The molecule has 3 aliphatic heterocycles. The quantitative estimate of drug-likeness (QED) is 0.334. The van der Waals surface area contributed by atoms with Crippen molar-refractivity contribution in [3.05, 3.63) is 57.9 Å². The predicted molar refractivity (Wildman–Crippen MR) is 138 cm³/mol. The molecule has 0 saturated heterocycles. The summed E-state index contributed by atoms with van der Waals surface area (Å²) in [6.45, 7) is 14.2. The summed E-state index contributed by atoms with van der Waals surface area (Å²) in [6.07, 6.45) is 0. The van der Waals surface area contributed by atoms with Gasteiger partial charge in [0.25, 0.3) is 0 Å². The largest absolute Gasteiger partial charge is 0.714 e. The number of amidine groups is 2. The number of fused-ring (bicyclic) bond motifs is 2. The van der Waals surface area contributed by atoms with Crippen molar-refractivity contribution in [3.63, 3.8) is 0 Å². The van der Waals surface area contributed by atoms with Crippen LogP contribution in [0.3, 0.4) is 0 Å². The summed E-state index contributed by atoms with van der Waals surface area (Å²) in [5.41, 5.74) is -2.43. The van der Waals surface area contributed by atoms with Gasteiger partial charge in [0.05, 0.1) is 11.1 Å². The molecule has 0 bridgehead atoms. The molecule has 8 nitrogen and oxygen atoms in total. The number of benzene rings is 2. The average molecular weight is 527 g/mol. The van der Waals surface area contributed by atoms with Crippen LogP contribution in [0.15, 0.2) is 56.0 Å². The van der Waals surface area contributed by atoms with Gasteiger partial charge >= 0.3 is 11.7 Å². The van der Waals surface area contributed by atoms with E-state index in [0.717, 1.165) is 39.2 Å². The molecule has 0 spiro atoms. The van der Waals surface area contributed by atoms with Gasteiger partial charge in [-0.05, 0) is 91.8 Å². The summed E-state index contributed by atoms with van der Waals surface area (Å²) in [6, 6.07) is 11.2. The maximum atomic E-state index is 13.1. The third kappa shape index (κ3) is 3.11. The standard InChI is InChI=1S/C26H30N4O4S2/c1-23(2)24(3,4)28(32)21(27(23)31)15-9-11-17-19(13-15)36-20-14-16(10-12-18(20)35-17)22-29(33)25(5,6)26(7,8)30(22)34/h9-14H,1-8H3. The normalized spacial score (nSPS) is 23.3. The zero-order chi connectivity index (χ0) is 26.6. The molecule has 190 valence electrons. The van der Waals surface area contributed by atoms with Gasteiger partial charge in [-0.25, -0.2) is 0 Å². The number of hydrogen-bond acceptors (Lipinski definition) is 6. The zero-order valence-corrected chi connectivity index (χ0v) is 23.3. The summed E-state index contributed by atoms with van der Waals surface area (Å²) >= 11 is 3.08. The van der Waals surface area contributed by atoms with Gasteiger partial charge in [0.2, 0.25) is 0 Å². The van der Waals surface area contributed by atoms with E-state index in [1.54, 1.807) is 67.2 Å². The van der Waals surface area contributed by atoms with Crippen molar-refractivity contribution in [1.29, 1.82) is 0 Å². The molecule has 36 heavy (non-hydrogen) atoms. The smallest absolute Gasteiger partial charge is 0.316 e. The van der Waals surface area contributed by atoms with Gasteiger partial charge in [0.15, 0.2) is 11.1 Å². The van der Waals surface area contributed by atoms with Gasteiger partial charge < -0.3 is 10.4 Å². The molecule has 0 atom stereocenters. The molecule has 0 aromatic heterocycles. The SMILES string of the molecule is CC1(C)N([O])C(c2ccc3c(c2)Sc2cc(C4=[N+]([O-])C(C)(C)C(C)(C)N4[O])ccc2S3)=[N+]([O-])C1(C)C. The predicted octanol–water partition coefficient (Wildman–Crippen LogP) is 5.25. The minimum Gasteiger partial charge on any atom is -0.714 e. The third-order valence-corrected chi connectivity index (χ3v) is 11.2. The average Bonchev–Trinajstić information content (AvgIpc) is 3.00. The number of rotatable bonds is 2. The highest BCUT2D eigenvalue weighted by atomic mass is 32.2. The molecule has 3 heterocycles. The molecule has 3 aliphatic rings. The molecular formula is C26H30N4O4S2. The second-order valence-corrected chi connectivity index (χ2v) is 13.8. The molecular weight excluding hydrogens is 496 g/mol. The number of nitrogens with zero attached hydrogens (tertiary/aromatic N) is 4. The second kappa shape index (κ2) is 7.56. The van der Waals surface area contributed by atoms with Crippen molar-refractivity contribution in [2.45, 2.75) is 97.1 Å². The van der Waals surface area contributed by atoms with Gasteiger partial charge in [0.1, 0.15) is 11.1 Å². The molecule has 0 N–H and O–H groups in total. The second-order valence-electron chi connectivity index (χ2n) is 11.6. The van der Waals surface area contributed by atoms with Crippen molar-refractivity contribution in [2.24, 2.45) is 0 Å². The van der Waals surface area contributed by atoms with E-state index in [2.05, 4.69) is 0 Å². The van der Waals surface area contributed by atoms with E-state index in [-0.39, 0.29) is 11.7 Å². The summed E-state index contributed by atoms with van der Waals surface area (Å²) < 4.78 is 1.64. The Labute approximate surface area is 220 Å². The van der Waals surface area contributed by atoms with Gasteiger partial charge in [-0.2, -0.15) is 0 Å². The molecule has 2 aromatic rings. The van der Waals surface area contributed by atoms with Crippen molar-refractivity contribution in [2.75, 3.05) is 0 Å². The lowest BCUT2D eigenvalue weighted by molar-refractivity contribution is -0.539. The Balaban J connectivity index is 1.53. The molecule has 0 unspecified atom stereocenters. The van der Waals surface area contributed by atoms with Gasteiger partial charge in [-0.1, -0.05) is 33.7 Å². The van der Waals surface area contributed by atoms with E-state index in [1.807, 2.05) is 36.4 Å². The van der Waals surface area contributed by atoms with E-state index < -0.39 is 22.2 Å². The minimum absolute atomic E-state index is 0.105. The lowest BCUT2D eigenvalue weighted by atomic mass is 9.84. The van der Waals surface area contributed by atoms with Crippen LogP contribution < -0.4 is 0 Å². The Morgan fingerprint density at radius 1 is 0.611 bits per heavy atom. The molecule has 0 fully saturated rings. The van der Waals surface area contributed by atoms with Crippen LogP contribution in [0.1, 0.15) is 66.5 Å². The van der Waals surface area contributed by atoms with E-state index in [4.69, 9.17) is 0 Å². The summed E-state index contributed by atoms with van der Waals surface area (Å²) in [5.74, 6) is 0.209. The monoisotopic (exact) mass is 526 g/mol. The van der Waals surface area contributed by atoms with Gasteiger partial charge in [-0.15, -0.1) is 0 Å². The van der Waals surface area contributed by atoms with Crippen LogP contribution >= 0.6 is 23.5 Å². The fourth-order valence-electron chi connectivity index (χ4n) is 4.55. The first-order valence-corrected chi connectivity index (χ1v) is 13.4. The molecule has 2 aromatic carbocycles. The molecule has 0 aliphatic carbocycles. The Kier molecular flexibility index (Phi) is 5.31. The Hall–Kier alpha value is -2.40. The fourth-order valence-corrected chi connectivity index (χ4v) is 6.82. The van der Waals surface area contributed by atoms with E-state index >= 15 is 0 Å². The maximum Gasteiger partial charge on any atom is 0.316 e. The van der Waals surface area contributed by atoms with Gasteiger partial charge in [0, 0.05) is 30.0 Å². The Morgan fingerprint density at radius 3 is 1.25 bits per heavy atom. The fraction of sp³-hybridized carbons (Fsp3) is 0.462. The third-order valence-electron chi connectivity index (χ3n) is 8.64. The van der Waals surface area contributed by atoms with Crippen molar-refractivity contribution in [3.8, 4) is 0 Å². The minimum atomic E-state index is -0.891. The van der Waals surface area contributed by atoms with Crippen molar-refractivity contribution in [1.82, 2.24) is 10.1 Å². The van der Waals surface area contributed by atoms with Crippen molar-refractivity contribution >= 4 is 35.2 Å². The van der Waals surface area contributed by atoms with Crippen LogP contribution in [0, 0.1) is 10.4 Å². The summed E-state index contributed by atoms with van der Waals surface area (Å²) in [7, 11) is 0. The highest BCUT2D eigenvalue weighted by molar-refractivity contribution is 8.05. The lowest BCUT2D eigenvalue weighted by Crippen LogP contribution is -2.53. The molecule has 0 amide bonds. The number of hydroxylamine groups is 6. The van der Waals surface area contributed by atoms with Crippen LogP contribution in [0.25, 0.3) is 0 Å². The topological polar surface area (TPSA) is 98.4 Å². The Morgan fingerprint density at radius 2 is 0.944 bits per heavy atom. The lowest BCUT2D eigenvalue weighted by Gasteiger charge is -2.32. The van der Waals surface area contributed by atoms with Crippen LogP contribution in [0.5, 0.6) is 0 Å². The van der Waals surface area contributed by atoms with E-state index in [0.29, 0.717) is 11.1 Å². The van der Waals surface area contributed by atoms with Crippen LogP contribution in [0.2, 0.25) is 0 Å². The summed E-state index contributed by atoms with van der Waals surface area (Å²) in [5, 5.41) is 54.2. The zero-order valence-electron chi connectivity index (χ0n) is 21.7.